The van der Waals surface area contributed by atoms with Gasteiger partial charge in [-0.3, -0.25) is 9.59 Å². The van der Waals surface area contributed by atoms with Crippen molar-refractivity contribution in [2.75, 3.05) is 7.11 Å². The molecule has 0 aliphatic heterocycles. The quantitative estimate of drug-likeness (QED) is 0.401. The highest BCUT2D eigenvalue weighted by Gasteiger charge is 2.15. The summed E-state index contributed by atoms with van der Waals surface area (Å²) in [7, 11) is 1.30. The van der Waals surface area contributed by atoms with Crippen LogP contribution >= 0.6 is 0 Å². The van der Waals surface area contributed by atoms with Gasteiger partial charge in [0.05, 0.1) is 7.11 Å². The Balaban J connectivity index is 3.30. The van der Waals surface area contributed by atoms with E-state index in [0.717, 1.165) is 6.07 Å². The molecule has 4 heteroatoms. The maximum atomic E-state index is 13.0. The van der Waals surface area contributed by atoms with Gasteiger partial charge in [0.2, 0.25) is 5.78 Å². The molecule has 0 N–H and O–H groups in total. The molecule has 0 heterocycles. The zero-order valence-corrected chi connectivity index (χ0v) is 6.91. The summed E-state index contributed by atoms with van der Waals surface area (Å²) in [5, 5.41) is 0. The van der Waals surface area contributed by atoms with Gasteiger partial charge in [0, 0.05) is 0 Å². The van der Waals surface area contributed by atoms with Crippen LogP contribution < -0.4 is 4.74 Å². The first-order chi connectivity index (χ1) is 6.20. The summed E-state index contributed by atoms with van der Waals surface area (Å²) in [6, 6.07) is 3.91. The van der Waals surface area contributed by atoms with Crippen molar-refractivity contribution in [1.82, 2.24) is 0 Å². The Bertz CT molecular complexity index is 347. The number of carbonyl (C=O) groups is 2. The van der Waals surface area contributed by atoms with Gasteiger partial charge in [0.1, 0.15) is 17.1 Å². The maximum Gasteiger partial charge on any atom is 0.232 e. The Morgan fingerprint density at radius 3 is 2.77 bits per heavy atom. The third-order valence-electron chi connectivity index (χ3n) is 1.55. The van der Waals surface area contributed by atoms with Crippen LogP contribution in [0.2, 0.25) is 0 Å². The number of hydrogen-bond acceptors (Lipinski definition) is 3. The molecule has 68 valence electrons. The molecule has 0 unspecified atom stereocenters. The van der Waals surface area contributed by atoms with Crippen LogP contribution in [0.5, 0.6) is 5.75 Å². The highest BCUT2D eigenvalue weighted by Crippen LogP contribution is 2.20. The fourth-order valence-electron chi connectivity index (χ4n) is 0.973. The second kappa shape index (κ2) is 3.80. The van der Waals surface area contributed by atoms with Crippen molar-refractivity contribution >= 4 is 12.1 Å². The highest BCUT2D eigenvalue weighted by molar-refractivity contribution is 6.34. The van der Waals surface area contributed by atoms with Gasteiger partial charge in [-0.1, -0.05) is 6.07 Å². The van der Waals surface area contributed by atoms with E-state index in [1.54, 1.807) is 0 Å². The number of hydrogen-bond donors (Lipinski definition) is 0. The zero-order valence-electron chi connectivity index (χ0n) is 6.91. The molecule has 0 amide bonds. The van der Waals surface area contributed by atoms with E-state index in [1.807, 2.05) is 0 Å². The van der Waals surface area contributed by atoms with Crippen LogP contribution in [0.4, 0.5) is 4.39 Å². The van der Waals surface area contributed by atoms with Gasteiger partial charge in [-0.2, -0.15) is 0 Å². The van der Waals surface area contributed by atoms with Crippen molar-refractivity contribution < 1.29 is 18.7 Å². The van der Waals surface area contributed by atoms with Crippen LogP contribution in [0.25, 0.3) is 0 Å². The van der Waals surface area contributed by atoms with Crippen molar-refractivity contribution in [3.05, 3.63) is 29.6 Å². The molecule has 0 aliphatic carbocycles. The van der Waals surface area contributed by atoms with Crippen LogP contribution in [0.3, 0.4) is 0 Å². The highest BCUT2D eigenvalue weighted by atomic mass is 19.1. The lowest BCUT2D eigenvalue weighted by molar-refractivity contribution is -0.104. The molecule has 0 saturated carbocycles. The third-order valence-corrected chi connectivity index (χ3v) is 1.55. The monoisotopic (exact) mass is 182 g/mol. The molecule has 13 heavy (non-hydrogen) atoms. The fourth-order valence-corrected chi connectivity index (χ4v) is 0.973. The van der Waals surface area contributed by atoms with E-state index in [4.69, 9.17) is 4.74 Å². The number of ether oxygens (including phenoxy) is 1. The molecule has 0 aromatic heterocycles. The molecule has 1 aromatic carbocycles. The predicted octanol–water partition coefficient (Wildman–Crippen LogP) is 1.22. The van der Waals surface area contributed by atoms with Gasteiger partial charge in [-0.25, -0.2) is 4.39 Å². The molecule has 0 atom stereocenters. The maximum absolute atomic E-state index is 13.0. The van der Waals surface area contributed by atoms with Crippen LogP contribution in [0.1, 0.15) is 10.4 Å². The number of methoxy groups -OCH3 is 1. The molecule has 0 aliphatic rings. The summed E-state index contributed by atoms with van der Waals surface area (Å²) in [6.45, 7) is 0. The summed E-state index contributed by atoms with van der Waals surface area (Å²) in [6.07, 6.45) is 0.0565. The van der Waals surface area contributed by atoms with Gasteiger partial charge in [0.25, 0.3) is 0 Å². The van der Waals surface area contributed by atoms with E-state index < -0.39 is 11.6 Å². The van der Waals surface area contributed by atoms with Gasteiger partial charge >= 0.3 is 0 Å². The summed E-state index contributed by atoms with van der Waals surface area (Å²) < 4.78 is 17.7. The van der Waals surface area contributed by atoms with E-state index in [-0.39, 0.29) is 17.6 Å². The second-order valence-electron chi connectivity index (χ2n) is 2.30. The van der Waals surface area contributed by atoms with Crippen molar-refractivity contribution in [3.8, 4) is 5.75 Å². The van der Waals surface area contributed by atoms with E-state index in [9.17, 15) is 14.0 Å². The van der Waals surface area contributed by atoms with Gasteiger partial charge in [-0.05, 0) is 12.1 Å². The smallest absolute Gasteiger partial charge is 0.232 e. The predicted molar refractivity (Wildman–Crippen MR) is 43.3 cm³/mol. The lowest BCUT2D eigenvalue weighted by Crippen LogP contribution is -2.05. The largest absolute Gasteiger partial charge is 0.496 e. The van der Waals surface area contributed by atoms with Gasteiger partial charge < -0.3 is 4.74 Å². The standard InChI is InChI=1S/C9H7FO3/c1-13-8-4-2-3-6(10)9(8)7(12)5-11/h2-5H,1H3. The minimum atomic E-state index is -0.921. The molecular weight excluding hydrogens is 175 g/mol. The minimum Gasteiger partial charge on any atom is -0.496 e. The zero-order chi connectivity index (χ0) is 9.84. The lowest BCUT2D eigenvalue weighted by atomic mass is 10.1. The first-order valence-corrected chi connectivity index (χ1v) is 3.52. The Hall–Kier alpha value is -1.71. The topological polar surface area (TPSA) is 43.4 Å². The summed E-state index contributed by atoms with van der Waals surface area (Å²) in [4.78, 5) is 21.1. The van der Waals surface area contributed by atoms with Crippen molar-refractivity contribution in [1.29, 1.82) is 0 Å². The third kappa shape index (κ3) is 1.72. The first-order valence-electron chi connectivity index (χ1n) is 3.52. The number of rotatable bonds is 3. The Labute approximate surface area is 74.1 Å². The number of ketones is 1. The molecule has 0 radical (unpaired) electrons. The van der Waals surface area contributed by atoms with Gasteiger partial charge in [0.15, 0.2) is 6.29 Å². The Morgan fingerprint density at radius 2 is 2.23 bits per heavy atom. The molecule has 0 fully saturated rings. The number of benzene rings is 1. The van der Waals surface area contributed by atoms with E-state index >= 15 is 0 Å². The average Bonchev–Trinajstić information content (AvgIpc) is 2.16. The van der Waals surface area contributed by atoms with Crippen molar-refractivity contribution in [2.24, 2.45) is 0 Å². The molecule has 1 aromatic rings. The van der Waals surface area contributed by atoms with Crippen LogP contribution in [0.15, 0.2) is 18.2 Å². The average molecular weight is 182 g/mol. The molecular formula is C9H7FO3. The van der Waals surface area contributed by atoms with Crippen molar-refractivity contribution in [2.45, 2.75) is 0 Å². The number of Topliss-reactive ketones (excluding diaryl/α,β-unsaturated/α-hetero) is 1. The molecule has 0 bridgehead atoms. The summed E-state index contributed by atoms with van der Waals surface area (Å²) in [5.41, 5.74) is -0.319. The second-order valence-corrected chi connectivity index (χ2v) is 2.30. The Kier molecular flexibility index (Phi) is 2.74. The van der Waals surface area contributed by atoms with E-state index in [1.165, 1.54) is 19.2 Å². The van der Waals surface area contributed by atoms with Crippen LogP contribution in [0, 0.1) is 5.82 Å². The summed E-state index contributed by atoms with van der Waals surface area (Å²) >= 11 is 0. The fraction of sp³-hybridized carbons (Fsp3) is 0.111. The molecule has 1 rings (SSSR count). The summed E-state index contributed by atoms with van der Waals surface area (Å²) in [5.74, 6) is -1.61. The van der Waals surface area contributed by atoms with E-state index in [0.29, 0.717) is 0 Å². The molecule has 3 nitrogen and oxygen atoms in total. The van der Waals surface area contributed by atoms with Gasteiger partial charge in [-0.15, -0.1) is 0 Å². The van der Waals surface area contributed by atoms with Crippen LogP contribution in [-0.4, -0.2) is 19.2 Å². The number of aldehydes is 1. The minimum absolute atomic E-state index is 0.0565. The SMILES string of the molecule is COc1cccc(F)c1C(=O)C=O. The van der Waals surface area contributed by atoms with Crippen LogP contribution in [-0.2, 0) is 4.79 Å². The van der Waals surface area contributed by atoms with Crippen molar-refractivity contribution in [3.63, 3.8) is 0 Å². The molecule has 0 saturated heterocycles. The normalized spacial score (nSPS) is 9.38. The molecule has 0 spiro atoms. The Morgan fingerprint density at radius 1 is 1.54 bits per heavy atom. The lowest BCUT2D eigenvalue weighted by Gasteiger charge is -2.04. The number of carbonyl (C=O) groups excluding carboxylic acids is 2. The number of halogens is 1. The van der Waals surface area contributed by atoms with E-state index in [2.05, 4.69) is 0 Å². The first kappa shape index (κ1) is 9.38.